The van der Waals surface area contributed by atoms with Gasteiger partial charge in [-0.05, 0) is 24.8 Å². The molecular weight excluding hydrogens is 230 g/mol. The molecule has 0 unspecified atom stereocenters. The van der Waals surface area contributed by atoms with Gasteiger partial charge in [-0.15, -0.1) is 0 Å². The van der Waals surface area contributed by atoms with Crippen molar-refractivity contribution >= 4 is 6.08 Å². The lowest BCUT2D eigenvalue weighted by Crippen LogP contribution is -3.00. The molecule has 1 aromatic rings. The number of hydrogen-bond acceptors (Lipinski definition) is 0. The van der Waals surface area contributed by atoms with E-state index in [0.717, 1.165) is 4.48 Å². The summed E-state index contributed by atoms with van der Waals surface area (Å²) < 4.78 is 1.07. The van der Waals surface area contributed by atoms with Gasteiger partial charge < -0.3 is 16.9 Å². The fourth-order valence-electron chi connectivity index (χ4n) is 1.63. The molecule has 0 N–H and O–H groups in total. The Bertz CT molecular complexity index is 311. The van der Waals surface area contributed by atoms with Crippen LogP contribution in [-0.4, -0.2) is 32.2 Å². The molecule has 0 aliphatic rings. The molecule has 0 aliphatic heterocycles. The molecule has 0 aromatic heterocycles. The first-order chi connectivity index (χ1) is 7.58. The Kier molecular flexibility index (Phi) is 7.94. The van der Waals surface area contributed by atoms with E-state index < -0.39 is 0 Å². The van der Waals surface area contributed by atoms with Crippen molar-refractivity contribution in [3.05, 3.63) is 42.0 Å². The summed E-state index contributed by atoms with van der Waals surface area (Å²) in [5, 5.41) is 0. The van der Waals surface area contributed by atoms with Gasteiger partial charge in [0.1, 0.15) is 0 Å². The summed E-state index contributed by atoms with van der Waals surface area (Å²) in [7, 11) is 6.75. The third-order valence-corrected chi connectivity index (χ3v) is 2.56. The summed E-state index contributed by atoms with van der Waals surface area (Å²) in [6, 6.07) is 10.5. The van der Waals surface area contributed by atoms with E-state index in [9.17, 15) is 0 Å². The van der Waals surface area contributed by atoms with Crippen molar-refractivity contribution in [1.29, 1.82) is 0 Å². The van der Waals surface area contributed by atoms with Crippen molar-refractivity contribution in [2.45, 2.75) is 19.3 Å². The van der Waals surface area contributed by atoms with Gasteiger partial charge in [0.15, 0.2) is 0 Å². The first-order valence-electron chi connectivity index (χ1n) is 6.10. The lowest BCUT2D eigenvalue weighted by molar-refractivity contribution is -0.870. The lowest BCUT2D eigenvalue weighted by atomic mass is 10.1. The highest BCUT2D eigenvalue weighted by Gasteiger charge is 2.04. The van der Waals surface area contributed by atoms with E-state index in [1.54, 1.807) is 0 Å². The largest absolute Gasteiger partial charge is 1.00 e. The Labute approximate surface area is 112 Å². The highest BCUT2D eigenvalue weighted by molar-refractivity contribution is 5.48. The van der Waals surface area contributed by atoms with Crippen LogP contribution in [0.5, 0.6) is 0 Å². The van der Waals surface area contributed by atoms with Crippen LogP contribution >= 0.6 is 0 Å². The third-order valence-electron chi connectivity index (χ3n) is 2.56. The first kappa shape index (κ1) is 16.2. The minimum Gasteiger partial charge on any atom is -1.00 e. The van der Waals surface area contributed by atoms with E-state index in [1.807, 2.05) is 0 Å². The number of unbranched alkanes of at least 4 members (excludes halogenated alkanes) is 2. The number of quaternary nitrogens is 1. The SMILES string of the molecule is C[N+](C)(C)CCCCC=Cc1ccccc1.[Cl-]. The van der Waals surface area contributed by atoms with Gasteiger partial charge in [0.25, 0.3) is 0 Å². The van der Waals surface area contributed by atoms with Gasteiger partial charge in [0.2, 0.25) is 0 Å². The lowest BCUT2D eigenvalue weighted by Gasteiger charge is -2.23. The maximum Gasteiger partial charge on any atom is 0.0780 e. The maximum absolute atomic E-state index is 2.28. The van der Waals surface area contributed by atoms with Crippen molar-refractivity contribution in [1.82, 2.24) is 0 Å². The summed E-state index contributed by atoms with van der Waals surface area (Å²) in [4.78, 5) is 0. The van der Waals surface area contributed by atoms with Gasteiger partial charge in [-0.1, -0.05) is 42.5 Å². The zero-order valence-corrected chi connectivity index (χ0v) is 12.0. The van der Waals surface area contributed by atoms with Crippen LogP contribution in [0.1, 0.15) is 24.8 Å². The Hall–Kier alpha value is -0.790. The number of nitrogens with zero attached hydrogens (tertiary/aromatic N) is 1. The molecule has 17 heavy (non-hydrogen) atoms. The van der Waals surface area contributed by atoms with Crippen LogP contribution in [0.25, 0.3) is 6.08 Å². The highest BCUT2D eigenvalue weighted by atomic mass is 35.5. The second-order valence-corrected chi connectivity index (χ2v) is 5.32. The third kappa shape index (κ3) is 8.96. The van der Waals surface area contributed by atoms with E-state index in [2.05, 4.69) is 63.6 Å². The predicted molar refractivity (Wildman–Crippen MR) is 72.2 cm³/mol. The van der Waals surface area contributed by atoms with E-state index in [4.69, 9.17) is 0 Å². The quantitative estimate of drug-likeness (QED) is 0.514. The Morgan fingerprint density at radius 2 is 1.65 bits per heavy atom. The number of rotatable bonds is 6. The molecule has 0 aliphatic carbocycles. The summed E-state index contributed by atoms with van der Waals surface area (Å²) in [5.74, 6) is 0. The standard InChI is InChI=1S/C15H24N.ClH/c1-16(2,3)14-10-5-4-7-11-15-12-8-6-9-13-15;/h6-9,11-13H,4-5,10,14H2,1-3H3;1H/q+1;/p-1. The number of halogens is 1. The fraction of sp³-hybridized carbons (Fsp3) is 0.467. The van der Waals surface area contributed by atoms with Crippen LogP contribution in [0.2, 0.25) is 0 Å². The summed E-state index contributed by atoms with van der Waals surface area (Å²) in [6.45, 7) is 1.26. The van der Waals surface area contributed by atoms with Crippen molar-refractivity contribution in [2.24, 2.45) is 0 Å². The van der Waals surface area contributed by atoms with Crippen molar-refractivity contribution < 1.29 is 16.9 Å². The van der Waals surface area contributed by atoms with Gasteiger partial charge in [0.05, 0.1) is 27.7 Å². The molecule has 2 heteroatoms. The summed E-state index contributed by atoms with van der Waals surface area (Å²) in [5.41, 5.74) is 1.30. The van der Waals surface area contributed by atoms with Crippen LogP contribution in [0.15, 0.2) is 36.4 Å². The molecule has 0 fully saturated rings. The van der Waals surface area contributed by atoms with E-state index >= 15 is 0 Å². The summed E-state index contributed by atoms with van der Waals surface area (Å²) in [6.07, 6.45) is 8.29. The van der Waals surface area contributed by atoms with E-state index in [-0.39, 0.29) is 12.4 Å². The van der Waals surface area contributed by atoms with Crippen molar-refractivity contribution in [3.8, 4) is 0 Å². The molecule has 0 saturated heterocycles. The Morgan fingerprint density at radius 1 is 1.00 bits per heavy atom. The molecule has 1 rings (SSSR count). The molecule has 0 amide bonds. The van der Waals surface area contributed by atoms with Crippen molar-refractivity contribution in [2.75, 3.05) is 27.7 Å². The van der Waals surface area contributed by atoms with Gasteiger partial charge >= 0.3 is 0 Å². The Morgan fingerprint density at radius 3 is 2.24 bits per heavy atom. The number of allylic oxidation sites excluding steroid dienone is 1. The van der Waals surface area contributed by atoms with Crippen LogP contribution in [0.4, 0.5) is 0 Å². The average Bonchev–Trinajstić information content (AvgIpc) is 2.23. The van der Waals surface area contributed by atoms with E-state index in [0.29, 0.717) is 0 Å². The molecule has 0 radical (unpaired) electrons. The smallest absolute Gasteiger partial charge is 0.0780 e. The minimum absolute atomic E-state index is 0. The first-order valence-corrected chi connectivity index (χ1v) is 6.10. The van der Waals surface area contributed by atoms with Gasteiger partial charge in [-0.25, -0.2) is 0 Å². The number of hydrogen-bond donors (Lipinski definition) is 0. The van der Waals surface area contributed by atoms with Crippen LogP contribution in [0, 0.1) is 0 Å². The number of benzene rings is 1. The molecule has 1 nitrogen and oxygen atoms in total. The molecule has 1 aromatic carbocycles. The molecule has 0 atom stereocenters. The Balaban J connectivity index is 0.00000256. The van der Waals surface area contributed by atoms with Gasteiger partial charge in [-0.2, -0.15) is 0 Å². The molecule has 0 spiro atoms. The monoisotopic (exact) mass is 253 g/mol. The summed E-state index contributed by atoms with van der Waals surface area (Å²) >= 11 is 0. The topological polar surface area (TPSA) is 0 Å². The fourth-order valence-corrected chi connectivity index (χ4v) is 1.63. The zero-order valence-electron chi connectivity index (χ0n) is 11.2. The molecule has 0 heterocycles. The van der Waals surface area contributed by atoms with Crippen LogP contribution < -0.4 is 12.4 Å². The van der Waals surface area contributed by atoms with Crippen LogP contribution in [0.3, 0.4) is 0 Å². The maximum atomic E-state index is 2.28. The van der Waals surface area contributed by atoms with Gasteiger partial charge in [-0.3, -0.25) is 0 Å². The molecule has 0 saturated carbocycles. The zero-order chi connectivity index (χ0) is 11.9. The molecular formula is C15H24ClN. The molecule has 0 bridgehead atoms. The minimum atomic E-state index is 0. The highest BCUT2D eigenvalue weighted by Crippen LogP contribution is 2.05. The van der Waals surface area contributed by atoms with Gasteiger partial charge in [0, 0.05) is 0 Å². The molecule has 96 valence electrons. The second kappa shape index (κ2) is 8.32. The van der Waals surface area contributed by atoms with E-state index in [1.165, 1.54) is 31.4 Å². The average molecular weight is 254 g/mol. The normalized spacial score (nSPS) is 11.5. The van der Waals surface area contributed by atoms with Crippen molar-refractivity contribution in [3.63, 3.8) is 0 Å². The van der Waals surface area contributed by atoms with Crippen LogP contribution in [-0.2, 0) is 0 Å². The predicted octanol–water partition coefficient (Wildman–Crippen LogP) is 0.580. The second-order valence-electron chi connectivity index (χ2n) is 5.32.